The summed E-state index contributed by atoms with van der Waals surface area (Å²) in [5, 5.41) is 0.228. The summed E-state index contributed by atoms with van der Waals surface area (Å²) >= 11 is 5.87. The molecular weight excluding hydrogens is 301 g/mol. The molecule has 0 unspecified atom stereocenters. The van der Waals surface area contributed by atoms with Gasteiger partial charge in [-0.05, 0) is 36.5 Å². The van der Waals surface area contributed by atoms with Crippen LogP contribution in [0, 0.1) is 17.8 Å². The summed E-state index contributed by atoms with van der Waals surface area (Å²) in [6, 6.07) is 4.43. The maximum atomic E-state index is 13.7. The van der Waals surface area contributed by atoms with Crippen molar-refractivity contribution >= 4 is 11.6 Å². The molecule has 1 nitrogen and oxygen atoms in total. The van der Waals surface area contributed by atoms with Crippen molar-refractivity contribution < 1.29 is 17.9 Å². The van der Waals surface area contributed by atoms with Crippen LogP contribution in [-0.4, -0.2) is 6.18 Å². The molecular formula is C16H12ClF3O. The van der Waals surface area contributed by atoms with Crippen LogP contribution in [-0.2, 0) is 16.8 Å². The van der Waals surface area contributed by atoms with Crippen LogP contribution in [0.15, 0.2) is 30.5 Å². The molecule has 1 aromatic carbocycles. The molecule has 2 aliphatic rings. The molecule has 110 valence electrons. The van der Waals surface area contributed by atoms with Crippen molar-refractivity contribution in [3.63, 3.8) is 0 Å². The summed E-state index contributed by atoms with van der Waals surface area (Å²) < 4.78 is 46.4. The second-order valence-electron chi connectivity index (χ2n) is 5.34. The Morgan fingerprint density at radius 3 is 2.67 bits per heavy atom. The van der Waals surface area contributed by atoms with E-state index in [4.69, 9.17) is 16.3 Å². The number of allylic oxidation sites excluding steroid dienone is 1. The lowest BCUT2D eigenvalue weighted by atomic mass is 9.85. The summed E-state index contributed by atoms with van der Waals surface area (Å²) in [5.41, 5.74) is -2.19. The van der Waals surface area contributed by atoms with Crippen LogP contribution >= 0.6 is 11.6 Å². The van der Waals surface area contributed by atoms with Gasteiger partial charge in [-0.25, -0.2) is 0 Å². The van der Waals surface area contributed by atoms with Crippen LogP contribution in [0.3, 0.4) is 0 Å². The van der Waals surface area contributed by atoms with Crippen molar-refractivity contribution in [2.45, 2.75) is 31.0 Å². The van der Waals surface area contributed by atoms with Crippen molar-refractivity contribution in [3.8, 4) is 11.8 Å². The first-order valence-corrected chi connectivity index (χ1v) is 6.95. The van der Waals surface area contributed by atoms with Gasteiger partial charge < -0.3 is 4.74 Å². The molecule has 1 aromatic rings. The molecule has 1 atom stereocenters. The van der Waals surface area contributed by atoms with Crippen LogP contribution in [0.1, 0.15) is 24.0 Å². The van der Waals surface area contributed by atoms with Gasteiger partial charge in [0.05, 0.1) is 5.76 Å². The third kappa shape index (κ3) is 2.51. The van der Waals surface area contributed by atoms with Crippen LogP contribution < -0.4 is 0 Å². The van der Waals surface area contributed by atoms with Gasteiger partial charge in [0.1, 0.15) is 0 Å². The molecule has 1 aliphatic carbocycles. The van der Waals surface area contributed by atoms with Gasteiger partial charge >= 0.3 is 6.18 Å². The van der Waals surface area contributed by atoms with Crippen molar-refractivity contribution in [1.29, 1.82) is 0 Å². The highest BCUT2D eigenvalue weighted by Crippen LogP contribution is 2.48. The fourth-order valence-electron chi connectivity index (χ4n) is 2.36. The topological polar surface area (TPSA) is 9.23 Å². The maximum absolute atomic E-state index is 13.7. The van der Waals surface area contributed by atoms with E-state index in [1.165, 1.54) is 6.07 Å². The van der Waals surface area contributed by atoms with E-state index in [1.54, 1.807) is 12.1 Å². The SMILES string of the molecule is C=C1Cc2ccc(Cl)cc2[C@@](C#CC2CC2)(C(F)(F)F)O1. The minimum Gasteiger partial charge on any atom is -0.465 e. The first kappa shape index (κ1) is 14.3. The van der Waals surface area contributed by atoms with Gasteiger partial charge in [-0.2, -0.15) is 13.2 Å². The normalized spacial score (nSPS) is 24.7. The average Bonchev–Trinajstić information content (AvgIpc) is 3.19. The first-order valence-electron chi connectivity index (χ1n) is 6.57. The standard InChI is InChI=1S/C16H12ClF3O/c1-10-8-12-4-5-13(17)9-14(12)15(21-10,16(18,19)20)7-6-11-2-3-11/h4-5,9,11H,1-3,8H2/t15-/m0/s1. The number of ether oxygens (including phenoxy) is 1. The highest BCUT2D eigenvalue weighted by Gasteiger charge is 2.60. The minimum absolute atomic E-state index is 0.0250. The van der Waals surface area contributed by atoms with Gasteiger partial charge in [0.15, 0.2) is 0 Å². The predicted molar refractivity (Wildman–Crippen MR) is 73.6 cm³/mol. The Hall–Kier alpha value is -1.60. The lowest BCUT2D eigenvalue weighted by Crippen LogP contribution is -2.46. The molecule has 0 amide bonds. The Morgan fingerprint density at radius 1 is 1.33 bits per heavy atom. The molecule has 0 saturated heterocycles. The molecule has 0 N–H and O–H groups in total. The molecule has 1 saturated carbocycles. The van der Waals surface area contributed by atoms with Gasteiger partial charge in [0.25, 0.3) is 5.60 Å². The van der Waals surface area contributed by atoms with Crippen LogP contribution in [0.2, 0.25) is 5.02 Å². The fourth-order valence-corrected chi connectivity index (χ4v) is 2.53. The lowest BCUT2D eigenvalue weighted by molar-refractivity contribution is -0.250. The van der Waals surface area contributed by atoms with E-state index in [0.717, 1.165) is 12.8 Å². The number of benzene rings is 1. The molecule has 1 aliphatic heterocycles. The van der Waals surface area contributed by atoms with Gasteiger partial charge in [0.2, 0.25) is 0 Å². The molecule has 0 aromatic heterocycles. The third-order valence-corrected chi connectivity index (χ3v) is 3.80. The summed E-state index contributed by atoms with van der Waals surface area (Å²) in [6.07, 6.45) is -2.76. The number of alkyl halides is 3. The van der Waals surface area contributed by atoms with E-state index >= 15 is 0 Å². The molecule has 0 spiro atoms. The lowest BCUT2D eigenvalue weighted by Gasteiger charge is -2.37. The van der Waals surface area contributed by atoms with Gasteiger partial charge in [-0.1, -0.05) is 30.2 Å². The monoisotopic (exact) mass is 312 g/mol. The molecule has 0 bridgehead atoms. The Kier molecular flexibility index (Phi) is 3.22. The first-order chi connectivity index (χ1) is 9.82. The minimum atomic E-state index is -4.67. The number of rotatable bonds is 0. The zero-order valence-electron chi connectivity index (χ0n) is 11.1. The second-order valence-corrected chi connectivity index (χ2v) is 5.78. The van der Waals surface area contributed by atoms with Crippen LogP contribution in [0.5, 0.6) is 0 Å². The molecule has 0 radical (unpaired) electrons. The van der Waals surface area contributed by atoms with E-state index < -0.39 is 11.8 Å². The van der Waals surface area contributed by atoms with E-state index in [9.17, 15) is 13.2 Å². The summed E-state index contributed by atoms with van der Waals surface area (Å²) in [6.45, 7) is 3.56. The van der Waals surface area contributed by atoms with E-state index in [2.05, 4.69) is 18.4 Å². The highest BCUT2D eigenvalue weighted by atomic mass is 35.5. The third-order valence-electron chi connectivity index (χ3n) is 3.57. The number of hydrogen-bond acceptors (Lipinski definition) is 1. The zero-order valence-corrected chi connectivity index (χ0v) is 11.8. The average molecular weight is 313 g/mol. The van der Waals surface area contributed by atoms with Crippen LogP contribution in [0.4, 0.5) is 13.2 Å². The van der Waals surface area contributed by atoms with E-state index in [0.29, 0.717) is 5.56 Å². The molecule has 1 heterocycles. The molecule has 1 fully saturated rings. The summed E-state index contributed by atoms with van der Waals surface area (Å²) in [5.74, 6) is 5.10. The predicted octanol–water partition coefficient (Wildman–Crippen LogP) is 4.60. The van der Waals surface area contributed by atoms with Crippen molar-refractivity contribution in [2.24, 2.45) is 5.92 Å². The number of hydrogen-bond donors (Lipinski definition) is 0. The van der Waals surface area contributed by atoms with Crippen molar-refractivity contribution in [1.82, 2.24) is 0 Å². The zero-order chi connectivity index (χ0) is 15.3. The number of halogens is 4. The Balaban J connectivity index is 2.22. The second kappa shape index (κ2) is 4.71. The highest BCUT2D eigenvalue weighted by molar-refractivity contribution is 6.30. The molecule has 21 heavy (non-hydrogen) atoms. The Labute approximate surface area is 125 Å². The quantitative estimate of drug-likeness (QED) is 0.636. The smallest absolute Gasteiger partial charge is 0.444 e. The maximum Gasteiger partial charge on any atom is 0.444 e. The van der Waals surface area contributed by atoms with Gasteiger partial charge in [0, 0.05) is 22.9 Å². The van der Waals surface area contributed by atoms with Gasteiger partial charge in [-0.15, -0.1) is 0 Å². The Morgan fingerprint density at radius 2 is 2.05 bits per heavy atom. The summed E-state index contributed by atoms with van der Waals surface area (Å²) in [7, 11) is 0. The number of fused-ring (bicyclic) bond motifs is 1. The van der Waals surface area contributed by atoms with Gasteiger partial charge in [-0.3, -0.25) is 0 Å². The van der Waals surface area contributed by atoms with E-state index in [1.807, 2.05) is 0 Å². The Bertz CT molecular complexity index is 664. The molecule has 3 rings (SSSR count). The largest absolute Gasteiger partial charge is 0.465 e. The molecule has 5 heteroatoms. The van der Waals surface area contributed by atoms with E-state index in [-0.39, 0.29) is 28.7 Å². The van der Waals surface area contributed by atoms with Crippen molar-refractivity contribution in [2.75, 3.05) is 0 Å². The fraction of sp³-hybridized carbons (Fsp3) is 0.375. The van der Waals surface area contributed by atoms with Crippen molar-refractivity contribution in [3.05, 3.63) is 46.7 Å². The summed E-state index contributed by atoms with van der Waals surface area (Å²) in [4.78, 5) is 0. The van der Waals surface area contributed by atoms with Crippen LogP contribution in [0.25, 0.3) is 0 Å².